The Hall–Kier alpha value is -1.14. The molecule has 1 saturated heterocycles. The summed E-state index contributed by atoms with van der Waals surface area (Å²) in [5, 5.41) is 4.48. The maximum atomic E-state index is 5.88. The molecule has 0 aromatic carbocycles. The van der Waals surface area contributed by atoms with Gasteiger partial charge in [-0.25, -0.2) is 0 Å². The first-order valence-corrected chi connectivity index (χ1v) is 7.77. The van der Waals surface area contributed by atoms with E-state index in [1.165, 1.54) is 19.4 Å². The SMILES string of the molecule is Cc1nn(C)c(N2CCN(CC3CC3)CC2)c1C(N)=S. The van der Waals surface area contributed by atoms with Crippen molar-refractivity contribution in [3.8, 4) is 0 Å². The lowest BCUT2D eigenvalue weighted by Gasteiger charge is -2.36. The predicted octanol–water partition coefficient (Wildman–Crippen LogP) is 0.895. The number of nitrogens with two attached hydrogens (primary N) is 1. The minimum absolute atomic E-state index is 0.450. The van der Waals surface area contributed by atoms with Gasteiger partial charge in [-0.3, -0.25) is 9.58 Å². The number of anilines is 1. The normalized spacial score (nSPS) is 20.4. The first-order chi connectivity index (χ1) is 9.56. The maximum Gasteiger partial charge on any atom is 0.137 e. The molecule has 0 amide bonds. The average molecular weight is 293 g/mol. The summed E-state index contributed by atoms with van der Waals surface area (Å²) < 4.78 is 1.92. The molecule has 1 aromatic heterocycles. The van der Waals surface area contributed by atoms with Crippen LogP contribution in [0.25, 0.3) is 0 Å². The summed E-state index contributed by atoms with van der Waals surface area (Å²) in [5.41, 5.74) is 7.75. The molecule has 0 spiro atoms. The lowest BCUT2D eigenvalue weighted by Crippen LogP contribution is -2.48. The molecule has 20 heavy (non-hydrogen) atoms. The summed E-state index contributed by atoms with van der Waals surface area (Å²) in [6.07, 6.45) is 2.85. The second-order valence-corrected chi connectivity index (χ2v) is 6.44. The van der Waals surface area contributed by atoms with Crippen LogP contribution in [0.4, 0.5) is 5.82 Å². The standard InChI is InChI=1S/C14H23N5S/c1-10-12(13(15)20)14(17(2)16-10)19-7-5-18(6-8-19)9-11-3-4-11/h11H,3-9H2,1-2H3,(H2,15,20). The van der Waals surface area contributed by atoms with Gasteiger partial charge < -0.3 is 10.6 Å². The van der Waals surface area contributed by atoms with Crippen LogP contribution in [0.15, 0.2) is 0 Å². The molecule has 0 unspecified atom stereocenters. The number of rotatable bonds is 4. The third-order valence-corrected chi connectivity index (χ3v) is 4.53. The van der Waals surface area contributed by atoms with Crippen LogP contribution >= 0.6 is 12.2 Å². The molecule has 0 radical (unpaired) electrons. The van der Waals surface area contributed by atoms with E-state index >= 15 is 0 Å². The number of thiocarbonyl (C=S) groups is 1. The number of aromatic nitrogens is 2. The Morgan fingerprint density at radius 3 is 2.50 bits per heavy atom. The average Bonchev–Trinajstić information content (AvgIpc) is 3.14. The van der Waals surface area contributed by atoms with Gasteiger partial charge in [0.25, 0.3) is 0 Å². The van der Waals surface area contributed by atoms with E-state index < -0.39 is 0 Å². The van der Waals surface area contributed by atoms with Crippen LogP contribution in [0, 0.1) is 12.8 Å². The minimum atomic E-state index is 0.450. The van der Waals surface area contributed by atoms with Crippen molar-refractivity contribution < 1.29 is 0 Å². The molecule has 2 aliphatic rings. The van der Waals surface area contributed by atoms with Gasteiger partial charge in [0.05, 0.1) is 11.3 Å². The van der Waals surface area contributed by atoms with Crippen LogP contribution < -0.4 is 10.6 Å². The summed E-state index contributed by atoms with van der Waals surface area (Å²) in [6, 6.07) is 0. The van der Waals surface area contributed by atoms with Gasteiger partial charge in [0.1, 0.15) is 10.8 Å². The highest BCUT2D eigenvalue weighted by molar-refractivity contribution is 7.80. The molecular formula is C14H23N5S. The highest BCUT2D eigenvalue weighted by atomic mass is 32.1. The zero-order chi connectivity index (χ0) is 14.3. The van der Waals surface area contributed by atoms with E-state index in [1.54, 1.807) is 0 Å². The monoisotopic (exact) mass is 293 g/mol. The first-order valence-electron chi connectivity index (χ1n) is 7.37. The molecule has 1 aliphatic carbocycles. The highest BCUT2D eigenvalue weighted by Crippen LogP contribution is 2.30. The molecule has 2 N–H and O–H groups in total. The van der Waals surface area contributed by atoms with Gasteiger partial charge in [0.15, 0.2) is 0 Å². The van der Waals surface area contributed by atoms with Gasteiger partial charge in [0.2, 0.25) is 0 Å². The van der Waals surface area contributed by atoms with Crippen LogP contribution in [0.5, 0.6) is 0 Å². The number of nitrogens with zero attached hydrogens (tertiary/aromatic N) is 4. The van der Waals surface area contributed by atoms with Crippen molar-refractivity contribution in [2.45, 2.75) is 19.8 Å². The van der Waals surface area contributed by atoms with E-state index in [-0.39, 0.29) is 0 Å². The highest BCUT2D eigenvalue weighted by Gasteiger charge is 2.28. The van der Waals surface area contributed by atoms with E-state index in [2.05, 4.69) is 14.9 Å². The fourth-order valence-corrected chi connectivity index (χ4v) is 3.34. The van der Waals surface area contributed by atoms with Crippen LogP contribution in [-0.4, -0.2) is 52.4 Å². The minimum Gasteiger partial charge on any atom is -0.389 e. The van der Waals surface area contributed by atoms with Gasteiger partial charge in [0, 0.05) is 39.8 Å². The zero-order valence-electron chi connectivity index (χ0n) is 12.3. The zero-order valence-corrected chi connectivity index (χ0v) is 13.1. The molecular weight excluding hydrogens is 270 g/mol. The molecule has 1 aromatic rings. The molecule has 0 atom stereocenters. The second-order valence-electron chi connectivity index (χ2n) is 6.00. The maximum absolute atomic E-state index is 5.88. The van der Waals surface area contributed by atoms with Gasteiger partial charge in [-0.15, -0.1) is 0 Å². The summed E-state index contributed by atoms with van der Waals surface area (Å²) in [5.74, 6) is 2.05. The molecule has 6 heteroatoms. The third-order valence-electron chi connectivity index (χ3n) is 4.32. The lowest BCUT2D eigenvalue weighted by molar-refractivity contribution is 0.247. The number of hydrogen-bond donors (Lipinski definition) is 1. The number of piperazine rings is 1. The fourth-order valence-electron chi connectivity index (χ4n) is 3.11. The second kappa shape index (κ2) is 5.33. The van der Waals surface area contributed by atoms with Crippen LogP contribution in [0.2, 0.25) is 0 Å². The van der Waals surface area contributed by atoms with Crippen LogP contribution in [-0.2, 0) is 7.05 Å². The van der Waals surface area contributed by atoms with Crippen LogP contribution in [0.1, 0.15) is 24.1 Å². The topological polar surface area (TPSA) is 50.3 Å². The Kier molecular flexibility index (Phi) is 3.69. The Balaban J connectivity index is 1.72. The van der Waals surface area contributed by atoms with Crippen molar-refractivity contribution in [1.82, 2.24) is 14.7 Å². The number of hydrogen-bond acceptors (Lipinski definition) is 4. The van der Waals surface area contributed by atoms with Crippen molar-refractivity contribution in [2.24, 2.45) is 18.7 Å². The van der Waals surface area contributed by atoms with Crippen molar-refractivity contribution in [3.63, 3.8) is 0 Å². The molecule has 2 heterocycles. The Bertz CT molecular complexity index is 512. The molecule has 5 nitrogen and oxygen atoms in total. The first kappa shape index (κ1) is 13.8. The van der Waals surface area contributed by atoms with E-state index in [1.807, 2.05) is 18.7 Å². The Morgan fingerprint density at radius 1 is 1.30 bits per heavy atom. The molecule has 1 saturated carbocycles. The van der Waals surface area contributed by atoms with Crippen molar-refractivity contribution >= 4 is 23.0 Å². The molecule has 3 rings (SSSR count). The predicted molar refractivity (Wildman–Crippen MR) is 85.2 cm³/mol. The van der Waals surface area contributed by atoms with Crippen molar-refractivity contribution in [3.05, 3.63) is 11.3 Å². The van der Waals surface area contributed by atoms with Gasteiger partial charge >= 0.3 is 0 Å². The van der Waals surface area contributed by atoms with Gasteiger partial charge in [-0.1, -0.05) is 12.2 Å². The molecule has 110 valence electrons. The number of aryl methyl sites for hydroxylation is 2. The summed E-state index contributed by atoms with van der Waals surface area (Å²) >= 11 is 5.20. The quantitative estimate of drug-likeness (QED) is 0.836. The van der Waals surface area contributed by atoms with E-state index in [0.717, 1.165) is 49.2 Å². The van der Waals surface area contributed by atoms with Crippen molar-refractivity contribution in [2.75, 3.05) is 37.6 Å². The summed E-state index contributed by atoms with van der Waals surface area (Å²) in [7, 11) is 1.97. The third kappa shape index (κ3) is 2.67. The summed E-state index contributed by atoms with van der Waals surface area (Å²) in [4.78, 5) is 5.40. The van der Waals surface area contributed by atoms with Crippen LogP contribution in [0.3, 0.4) is 0 Å². The Labute approximate surface area is 125 Å². The van der Waals surface area contributed by atoms with E-state index in [0.29, 0.717) is 4.99 Å². The summed E-state index contributed by atoms with van der Waals surface area (Å²) in [6.45, 7) is 7.55. The fraction of sp³-hybridized carbons (Fsp3) is 0.714. The van der Waals surface area contributed by atoms with E-state index in [9.17, 15) is 0 Å². The molecule has 2 fully saturated rings. The molecule has 0 bridgehead atoms. The van der Waals surface area contributed by atoms with E-state index in [4.69, 9.17) is 18.0 Å². The molecule has 1 aliphatic heterocycles. The smallest absolute Gasteiger partial charge is 0.137 e. The largest absolute Gasteiger partial charge is 0.389 e. The lowest BCUT2D eigenvalue weighted by atomic mass is 10.2. The van der Waals surface area contributed by atoms with Crippen molar-refractivity contribution in [1.29, 1.82) is 0 Å². The van der Waals surface area contributed by atoms with Gasteiger partial charge in [-0.2, -0.15) is 5.10 Å². The Morgan fingerprint density at radius 2 is 1.95 bits per heavy atom. The van der Waals surface area contributed by atoms with Gasteiger partial charge in [-0.05, 0) is 25.7 Å².